The molecule has 1 aliphatic rings. The van der Waals surface area contributed by atoms with Crippen LogP contribution < -0.4 is 15.1 Å². The van der Waals surface area contributed by atoms with Crippen molar-refractivity contribution in [3.63, 3.8) is 0 Å². The lowest BCUT2D eigenvalue weighted by molar-refractivity contribution is 0.0971. The van der Waals surface area contributed by atoms with Gasteiger partial charge in [0.05, 0.1) is 24.1 Å². The number of carbonyl (C=O) groups is 1. The molecule has 0 N–H and O–H groups in total. The molecule has 0 fully saturated rings. The van der Waals surface area contributed by atoms with Crippen LogP contribution in [0.1, 0.15) is 27.7 Å². The molecule has 5 nitrogen and oxygen atoms in total. The number of carbonyl (C=O) groups excluding carboxylic acids is 1. The number of ether oxygens (including phenoxy) is 1. The molecule has 2 heterocycles. The van der Waals surface area contributed by atoms with E-state index in [1.807, 2.05) is 24.3 Å². The average Bonchev–Trinajstić information content (AvgIpc) is 3.07. The second-order valence-corrected chi connectivity index (χ2v) is 8.98. The SMILES string of the molecule is COc1ccc(N2C(=O)c3oc4ccc(Br)cc4c(=O)c3C2c2cccc(Br)c2)cc1. The number of fused-ring (bicyclic) bond motifs is 2. The number of nitrogens with zero attached hydrogens (tertiary/aromatic N) is 1. The number of hydrogen-bond donors (Lipinski definition) is 0. The van der Waals surface area contributed by atoms with Crippen LogP contribution >= 0.6 is 31.9 Å². The van der Waals surface area contributed by atoms with E-state index in [1.165, 1.54) is 0 Å². The van der Waals surface area contributed by atoms with Crippen molar-refractivity contribution < 1.29 is 13.9 Å². The van der Waals surface area contributed by atoms with E-state index in [1.54, 1.807) is 54.5 Å². The van der Waals surface area contributed by atoms with Gasteiger partial charge in [-0.1, -0.05) is 44.0 Å². The third kappa shape index (κ3) is 3.28. The summed E-state index contributed by atoms with van der Waals surface area (Å²) in [6, 6.07) is 19.3. The number of anilines is 1. The Morgan fingerprint density at radius 2 is 1.68 bits per heavy atom. The fourth-order valence-corrected chi connectivity index (χ4v) is 4.72. The predicted octanol–water partition coefficient (Wildman–Crippen LogP) is 6.08. The minimum atomic E-state index is -0.618. The van der Waals surface area contributed by atoms with E-state index in [0.29, 0.717) is 28.0 Å². The summed E-state index contributed by atoms with van der Waals surface area (Å²) in [5.74, 6) is 0.393. The van der Waals surface area contributed by atoms with Crippen LogP contribution in [0.2, 0.25) is 0 Å². The highest BCUT2D eigenvalue weighted by Gasteiger charge is 2.43. The van der Waals surface area contributed by atoms with Crippen molar-refractivity contribution in [2.45, 2.75) is 6.04 Å². The van der Waals surface area contributed by atoms with Gasteiger partial charge in [0.15, 0.2) is 5.43 Å². The van der Waals surface area contributed by atoms with Gasteiger partial charge in [-0.2, -0.15) is 0 Å². The van der Waals surface area contributed by atoms with Gasteiger partial charge in [-0.05, 0) is 60.2 Å². The maximum absolute atomic E-state index is 13.6. The van der Waals surface area contributed by atoms with Gasteiger partial charge < -0.3 is 9.15 Å². The molecule has 1 atom stereocenters. The van der Waals surface area contributed by atoms with E-state index in [9.17, 15) is 9.59 Å². The van der Waals surface area contributed by atoms with Crippen molar-refractivity contribution in [3.05, 3.63) is 103 Å². The van der Waals surface area contributed by atoms with E-state index in [4.69, 9.17) is 9.15 Å². The molecular weight excluding hydrogens is 526 g/mol. The standard InChI is InChI=1S/C24H15Br2NO4/c1-30-17-8-6-16(7-9-17)27-21(13-3-2-4-14(25)11-13)20-22(28)18-12-15(26)5-10-19(18)31-23(20)24(27)29/h2-12,21H,1H3. The van der Waals surface area contributed by atoms with Gasteiger partial charge >= 0.3 is 0 Å². The third-order valence-electron chi connectivity index (χ3n) is 5.35. The second-order valence-electron chi connectivity index (χ2n) is 7.15. The van der Waals surface area contributed by atoms with Crippen LogP contribution in [-0.4, -0.2) is 13.0 Å². The first-order chi connectivity index (χ1) is 15.0. The molecular formula is C24H15Br2NO4. The summed E-state index contributed by atoms with van der Waals surface area (Å²) >= 11 is 6.91. The van der Waals surface area contributed by atoms with Crippen molar-refractivity contribution >= 4 is 54.4 Å². The minimum Gasteiger partial charge on any atom is -0.497 e. The van der Waals surface area contributed by atoms with Gasteiger partial charge in [0.1, 0.15) is 11.3 Å². The first-order valence-corrected chi connectivity index (χ1v) is 11.1. The monoisotopic (exact) mass is 539 g/mol. The highest BCUT2D eigenvalue weighted by molar-refractivity contribution is 9.10. The number of benzene rings is 3. The van der Waals surface area contributed by atoms with E-state index in [-0.39, 0.29) is 17.1 Å². The summed E-state index contributed by atoms with van der Waals surface area (Å²) in [6.07, 6.45) is 0. The van der Waals surface area contributed by atoms with Crippen molar-refractivity contribution in [2.24, 2.45) is 0 Å². The minimum absolute atomic E-state index is 0.0700. The lowest BCUT2D eigenvalue weighted by Crippen LogP contribution is -2.29. The summed E-state index contributed by atoms with van der Waals surface area (Å²) in [7, 11) is 1.59. The van der Waals surface area contributed by atoms with E-state index in [0.717, 1.165) is 14.5 Å². The summed E-state index contributed by atoms with van der Waals surface area (Å²) in [6.45, 7) is 0. The van der Waals surface area contributed by atoms with Crippen molar-refractivity contribution in [1.29, 1.82) is 0 Å². The fraction of sp³-hybridized carbons (Fsp3) is 0.0833. The second kappa shape index (κ2) is 7.66. The van der Waals surface area contributed by atoms with Crippen LogP contribution in [0.5, 0.6) is 5.75 Å². The predicted molar refractivity (Wildman–Crippen MR) is 126 cm³/mol. The zero-order valence-corrected chi connectivity index (χ0v) is 19.4. The van der Waals surface area contributed by atoms with Crippen molar-refractivity contribution in [3.8, 4) is 5.75 Å². The van der Waals surface area contributed by atoms with Crippen LogP contribution in [0.25, 0.3) is 11.0 Å². The number of halogens is 2. The van der Waals surface area contributed by atoms with Crippen molar-refractivity contribution in [1.82, 2.24) is 0 Å². The van der Waals surface area contributed by atoms with Crippen LogP contribution in [0, 0.1) is 0 Å². The lowest BCUT2D eigenvalue weighted by atomic mass is 9.98. The molecule has 154 valence electrons. The molecule has 3 aromatic carbocycles. The van der Waals surface area contributed by atoms with Crippen LogP contribution in [-0.2, 0) is 0 Å². The number of rotatable bonds is 3. The maximum Gasteiger partial charge on any atom is 0.295 e. The normalized spacial score (nSPS) is 15.4. The summed E-state index contributed by atoms with van der Waals surface area (Å²) < 4.78 is 12.9. The molecule has 4 aromatic rings. The van der Waals surface area contributed by atoms with E-state index < -0.39 is 6.04 Å². The number of amides is 1. The summed E-state index contributed by atoms with van der Waals surface area (Å²) in [5.41, 5.74) is 1.95. The van der Waals surface area contributed by atoms with Gasteiger partial charge in [-0.25, -0.2) is 0 Å². The molecule has 0 radical (unpaired) electrons. The zero-order chi connectivity index (χ0) is 21.7. The molecule has 1 unspecified atom stereocenters. The number of methoxy groups -OCH3 is 1. The van der Waals surface area contributed by atoms with Gasteiger partial charge in [-0.3, -0.25) is 14.5 Å². The Hall–Kier alpha value is -2.90. The Kier molecular flexibility index (Phi) is 4.95. The molecule has 1 aromatic heterocycles. The van der Waals surface area contributed by atoms with Gasteiger partial charge in [0.2, 0.25) is 5.76 Å². The topological polar surface area (TPSA) is 59.8 Å². The van der Waals surface area contributed by atoms with Crippen LogP contribution in [0.3, 0.4) is 0 Å². The largest absolute Gasteiger partial charge is 0.497 e. The van der Waals surface area contributed by atoms with E-state index in [2.05, 4.69) is 31.9 Å². The Morgan fingerprint density at radius 1 is 0.935 bits per heavy atom. The van der Waals surface area contributed by atoms with Crippen molar-refractivity contribution in [2.75, 3.05) is 12.0 Å². The molecule has 7 heteroatoms. The average molecular weight is 541 g/mol. The van der Waals surface area contributed by atoms with Crippen LogP contribution in [0.4, 0.5) is 5.69 Å². The fourth-order valence-electron chi connectivity index (χ4n) is 3.95. The third-order valence-corrected chi connectivity index (χ3v) is 6.33. The van der Waals surface area contributed by atoms with Crippen LogP contribution in [0.15, 0.2) is 84.9 Å². The molecule has 0 spiro atoms. The quantitative estimate of drug-likeness (QED) is 0.316. The zero-order valence-electron chi connectivity index (χ0n) is 16.3. The Bertz CT molecular complexity index is 1400. The number of hydrogen-bond acceptors (Lipinski definition) is 4. The highest BCUT2D eigenvalue weighted by Crippen LogP contribution is 2.42. The highest BCUT2D eigenvalue weighted by atomic mass is 79.9. The molecule has 0 saturated carbocycles. The first kappa shape index (κ1) is 20.0. The molecule has 0 bridgehead atoms. The molecule has 0 aliphatic carbocycles. The van der Waals surface area contributed by atoms with Gasteiger partial charge in [0.25, 0.3) is 5.91 Å². The van der Waals surface area contributed by atoms with Gasteiger partial charge in [-0.15, -0.1) is 0 Å². The molecule has 31 heavy (non-hydrogen) atoms. The summed E-state index contributed by atoms with van der Waals surface area (Å²) in [4.78, 5) is 28.7. The molecule has 5 rings (SSSR count). The molecule has 1 amide bonds. The molecule has 1 aliphatic heterocycles. The van der Waals surface area contributed by atoms with E-state index >= 15 is 0 Å². The summed E-state index contributed by atoms with van der Waals surface area (Å²) in [5, 5.41) is 0.428. The Balaban J connectivity index is 1.80. The smallest absolute Gasteiger partial charge is 0.295 e. The first-order valence-electron chi connectivity index (χ1n) is 9.47. The Labute approximate surface area is 194 Å². The lowest BCUT2D eigenvalue weighted by Gasteiger charge is -2.25. The Morgan fingerprint density at radius 3 is 2.39 bits per heavy atom. The van der Waals surface area contributed by atoms with Gasteiger partial charge in [0, 0.05) is 14.6 Å². The maximum atomic E-state index is 13.6. The molecule has 0 saturated heterocycles.